The van der Waals surface area contributed by atoms with Crippen LogP contribution in [0.25, 0.3) is 0 Å². The second-order valence-corrected chi connectivity index (χ2v) is 11.0. The highest BCUT2D eigenvalue weighted by Crippen LogP contribution is 3.03. The number of hydrogen-bond donors (Lipinski definition) is 0. The van der Waals surface area contributed by atoms with Gasteiger partial charge in [-0.2, -0.15) is 0 Å². The SMILES string of the molecule is CCCCCC1CCC(c2ccc(COc3ccccc3S(F)(F)(F)(F)F)cc2)CC1. The fourth-order valence-corrected chi connectivity index (χ4v) is 5.25. The van der Waals surface area contributed by atoms with Gasteiger partial charge in [0.25, 0.3) is 0 Å². The van der Waals surface area contributed by atoms with Crippen molar-refractivity contribution in [2.75, 3.05) is 0 Å². The predicted octanol–water partition coefficient (Wildman–Crippen LogP) is 9.78. The molecule has 0 radical (unpaired) electrons. The van der Waals surface area contributed by atoms with Crippen LogP contribution in [0.4, 0.5) is 19.4 Å². The molecule has 0 heterocycles. The van der Waals surface area contributed by atoms with Crippen molar-refractivity contribution in [1.82, 2.24) is 0 Å². The Kier molecular flexibility index (Phi) is 6.66. The Morgan fingerprint density at radius 2 is 1.48 bits per heavy atom. The largest absolute Gasteiger partial charge is 0.487 e. The second-order valence-electron chi connectivity index (χ2n) is 8.66. The first-order valence-corrected chi connectivity index (χ1v) is 13.0. The number of unbranched alkanes of at least 4 members (excludes halogenated alkanes) is 2. The minimum Gasteiger partial charge on any atom is -0.487 e. The van der Waals surface area contributed by atoms with Crippen molar-refractivity contribution >= 4 is 10.2 Å². The summed E-state index contributed by atoms with van der Waals surface area (Å²) in [6.45, 7) is 2.02. The maximum Gasteiger partial charge on any atom is 0.313 e. The number of benzene rings is 2. The van der Waals surface area contributed by atoms with E-state index in [1.54, 1.807) is 0 Å². The molecule has 0 amide bonds. The van der Waals surface area contributed by atoms with Gasteiger partial charge in [-0.25, -0.2) is 0 Å². The molecule has 0 unspecified atom stereocenters. The lowest BCUT2D eigenvalue weighted by atomic mass is 9.77. The summed E-state index contributed by atoms with van der Waals surface area (Å²) in [4.78, 5) is -1.98. The number of halogens is 5. The first-order chi connectivity index (χ1) is 14.5. The molecule has 2 aromatic rings. The molecule has 174 valence electrons. The maximum absolute atomic E-state index is 13.2. The minimum atomic E-state index is -9.81. The molecule has 3 rings (SSSR count). The first-order valence-electron chi connectivity index (χ1n) is 11.0. The van der Waals surface area contributed by atoms with Crippen LogP contribution < -0.4 is 4.74 Å². The van der Waals surface area contributed by atoms with E-state index in [9.17, 15) is 19.4 Å². The van der Waals surface area contributed by atoms with Crippen molar-refractivity contribution in [2.45, 2.75) is 75.7 Å². The highest BCUT2D eigenvalue weighted by molar-refractivity contribution is 8.45. The standard InChI is InChI=1S/C24H31F5OS/c1-2-3-4-7-19-10-14-21(15-11-19)22-16-12-20(13-17-22)18-30-23-8-5-6-9-24(23)31(25,26,27,28)29/h5-6,8-9,12-13,16-17,19,21H,2-4,7,10-11,14-15,18H2,1H3. The number of ether oxygens (including phenoxy) is 1. The van der Waals surface area contributed by atoms with Crippen LogP contribution in [0.2, 0.25) is 0 Å². The highest BCUT2D eigenvalue weighted by Gasteiger charge is 2.67. The molecule has 0 spiro atoms. The maximum atomic E-state index is 13.2. The van der Waals surface area contributed by atoms with Gasteiger partial charge in [0.05, 0.1) is 0 Å². The Morgan fingerprint density at radius 3 is 2.10 bits per heavy atom. The monoisotopic (exact) mass is 462 g/mol. The molecule has 0 atom stereocenters. The smallest absolute Gasteiger partial charge is 0.313 e. The third kappa shape index (κ3) is 6.86. The molecular formula is C24H31F5OS. The summed E-state index contributed by atoms with van der Waals surface area (Å²) in [5.41, 5.74) is 1.87. The molecule has 0 bridgehead atoms. The van der Waals surface area contributed by atoms with Crippen molar-refractivity contribution in [2.24, 2.45) is 5.92 Å². The van der Waals surface area contributed by atoms with E-state index in [0.717, 1.165) is 30.9 Å². The van der Waals surface area contributed by atoms with Crippen LogP contribution in [0.5, 0.6) is 5.75 Å². The van der Waals surface area contributed by atoms with Crippen LogP contribution in [0.15, 0.2) is 53.4 Å². The lowest BCUT2D eigenvalue weighted by Crippen LogP contribution is -2.13. The zero-order chi connectivity index (χ0) is 22.6. The van der Waals surface area contributed by atoms with Crippen LogP contribution in [0.3, 0.4) is 0 Å². The summed E-state index contributed by atoms with van der Waals surface area (Å²) < 4.78 is 71.3. The van der Waals surface area contributed by atoms with E-state index in [2.05, 4.69) is 6.92 Å². The molecule has 0 aromatic heterocycles. The number of rotatable bonds is 9. The quantitative estimate of drug-likeness (QED) is 0.266. The molecule has 0 N–H and O–H groups in total. The van der Waals surface area contributed by atoms with Gasteiger partial charge in [-0.05, 0) is 60.8 Å². The van der Waals surface area contributed by atoms with Crippen molar-refractivity contribution < 1.29 is 24.2 Å². The molecule has 31 heavy (non-hydrogen) atoms. The van der Waals surface area contributed by atoms with Crippen LogP contribution in [-0.2, 0) is 6.61 Å². The van der Waals surface area contributed by atoms with Crippen LogP contribution in [0, 0.1) is 5.92 Å². The van der Waals surface area contributed by atoms with Gasteiger partial charge in [0, 0.05) is 0 Å². The van der Waals surface area contributed by atoms with Gasteiger partial charge in [0.15, 0.2) is 0 Å². The van der Waals surface area contributed by atoms with E-state index in [0.29, 0.717) is 17.5 Å². The predicted molar refractivity (Wildman–Crippen MR) is 117 cm³/mol. The molecule has 0 saturated heterocycles. The van der Waals surface area contributed by atoms with Gasteiger partial charge in [-0.1, -0.05) is 88.4 Å². The zero-order valence-corrected chi connectivity index (χ0v) is 18.7. The normalized spacial score (nSPS) is 21.9. The molecule has 7 heteroatoms. The molecular weight excluding hydrogens is 431 g/mol. The Balaban J connectivity index is 1.57. The Bertz CT molecular complexity index is 856. The summed E-state index contributed by atoms with van der Waals surface area (Å²) in [6.07, 6.45) is 9.97. The summed E-state index contributed by atoms with van der Waals surface area (Å²) in [6, 6.07) is 11.1. The Labute approximate surface area is 181 Å². The highest BCUT2D eigenvalue weighted by atomic mass is 32.5. The second kappa shape index (κ2) is 8.64. The molecule has 1 nitrogen and oxygen atoms in total. The average molecular weight is 463 g/mol. The summed E-state index contributed by atoms with van der Waals surface area (Å²) >= 11 is 0. The molecule has 0 aliphatic heterocycles. The molecule has 1 fully saturated rings. The first kappa shape index (κ1) is 23.9. The summed E-state index contributed by atoms with van der Waals surface area (Å²) in [7, 11) is -9.81. The fourth-order valence-electron chi connectivity index (χ4n) is 4.40. The van der Waals surface area contributed by atoms with Gasteiger partial charge in [0.2, 0.25) is 0 Å². The van der Waals surface area contributed by atoms with Gasteiger partial charge in [-0.15, -0.1) is 0 Å². The lowest BCUT2D eigenvalue weighted by molar-refractivity contribution is 0.286. The third-order valence-electron chi connectivity index (χ3n) is 6.17. The topological polar surface area (TPSA) is 9.23 Å². The van der Waals surface area contributed by atoms with Crippen molar-refractivity contribution in [1.29, 1.82) is 0 Å². The summed E-state index contributed by atoms with van der Waals surface area (Å²) in [5, 5.41) is 0. The summed E-state index contributed by atoms with van der Waals surface area (Å²) in [5.74, 6) is 0.489. The van der Waals surface area contributed by atoms with E-state index < -0.39 is 20.9 Å². The van der Waals surface area contributed by atoms with Gasteiger partial charge < -0.3 is 4.74 Å². The van der Waals surface area contributed by atoms with E-state index in [1.807, 2.05) is 24.3 Å². The number of hydrogen-bond acceptors (Lipinski definition) is 1. The van der Waals surface area contributed by atoms with Crippen LogP contribution >= 0.6 is 10.2 Å². The van der Waals surface area contributed by atoms with Crippen molar-refractivity contribution in [3.05, 3.63) is 59.7 Å². The third-order valence-corrected chi connectivity index (χ3v) is 7.34. The lowest BCUT2D eigenvalue weighted by Gasteiger charge is -2.41. The molecule has 1 aliphatic carbocycles. The average Bonchev–Trinajstić information content (AvgIpc) is 2.72. The van der Waals surface area contributed by atoms with E-state index in [4.69, 9.17) is 4.74 Å². The molecule has 1 saturated carbocycles. The minimum absolute atomic E-state index is 0.199. The van der Waals surface area contributed by atoms with E-state index in [-0.39, 0.29) is 6.61 Å². The van der Waals surface area contributed by atoms with Crippen LogP contribution in [-0.4, -0.2) is 0 Å². The van der Waals surface area contributed by atoms with E-state index >= 15 is 0 Å². The molecule has 1 aliphatic rings. The van der Waals surface area contributed by atoms with E-state index in [1.165, 1.54) is 50.2 Å². The Hall–Kier alpha value is -1.76. The number of para-hydroxylation sites is 1. The van der Waals surface area contributed by atoms with Crippen molar-refractivity contribution in [3.8, 4) is 5.75 Å². The zero-order valence-electron chi connectivity index (χ0n) is 17.8. The van der Waals surface area contributed by atoms with Crippen molar-refractivity contribution in [3.63, 3.8) is 0 Å². The molecule has 2 aromatic carbocycles. The van der Waals surface area contributed by atoms with Crippen LogP contribution in [0.1, 0.15) is 75.3 Å². The van der Waals surface area contributed by atoms with Gasteiger partial charge >= 0.3 is 10.2 Å². The Morgan fingerprint density at radius 1 is 0.839 bits per heavy atom. The fraction of sp³-hybridized carbons (Fsp3) is 0.500. The van der Waals surface area contributed by atoms with Gasteiger partial charge in [0.1, 0.15) is 17.3 Å². The van der Waals surface area contributed by atoms with Gasteiger partial charge in [-0.3, -0.25) is 0 Å².